The maximum atomic E-state index is 10.2. The molecule has 0 unspecified atom stereocenters. The number of aliphatic hydroxyl groups is 1. The zero-order chi connectivity index (χ0) is 16.9. The molecule has 8 atom stereocenters. The van der Waals surface area contributed by atoms with Crippen LogP contribution in [-0.2, 0) is 0 Å². The van der Waals surface area contributed by atoms with Crippen LogP contribution in [0.4, 0.5) is 0 Å². The molecule has 6 N–H and O–H groups in total. The van der Waals surface area contributed by atoms with Crippen molar-refractivity contribution < 1.29 is 16.2 Å². The van der Waals surface area contributed by atoms with E-state index in [1.807, 2.05) is 0 Å². The molecule has 3 heteroatoms. The Kier molecular flexibility index (Phi) is 4.50. The third-order valence-corrected chi connectivity index (χ3v) is 9.37. The van der Waals surface area contributed by atoms with Crippen LogP contribution in [-0.4, -0.2) is 30.3 Å². The van der Waals surface area contributed by atoms with Crippen molar-refractivity contribution in [3.8, 4) is 0 Å². The normalized spacial score (nSPS) is 54.0. The summed E-state index contributed by atoms with van der Waals surface area (Å²) in [5.74, 6) is 3.67. The zero-order valence-corrected chi connectivity index (χ0v) is 16.0. The predicted molar refractivity (Wildman–Crippen MR) is 96.1 cm³/mol. The van der Waals surface area contributed by atoms with E-state index in [4.69, 9.17) is 0 Å². The minimum absolute atomic E-state index is 0.0124. The molecule has 24 heavy (non-hydrogen) atoms. The lowest BCUT2D eigenvalue weighted by Gasteiger charge is -2.60. The van der Waals surface area contributed by atoms with Gasteiger partial charge in [-0.15, -0.1) is 0 Å². The largest absolute Gasteiger partial charge is 0.393 e. The van der Waals surface area contributed by atoms with Gasteiger partial charge in [0.1, 0.15) is 13.1 Å². The first kappa shape index (κ1) is 17.3. The van der Waals surface area contributed by atoms with Crippen LogP contribution >= 0.6 is 0 Å². The predicted octanol–water partition coefficient (Wildman–Crippen LogP) is 1.56. The molecule has 3 nitrogen and oxygen atoms in total. The highest BCUT2D eigenvalue weighted by atomic mass is 16.3. The number of aliphatic hydroxyl groups excluding tert-OH is 1. The zero-order valence-electron chi connectivity index (χ0n) is 16.0. The summed E-state index contributed by atoms with van der Waals surface area (Å²) in [6.07, 6.45) is 12.0. The molecular formula is C21H40N2O+2. The van der Waals surface area contributed by atoms with Crippen molar-refractivity contribution in [3.63, 3.8) is 0 Å². The van der Waals surface area contributed by atoms with Crippen molar-refractivity contribution in [1.29, 1.82) is 0 Å². The van der Waals surface area contributed by atoms with Gasteiger partial charge in [0, 0.05) is 11.8 Å². The highest BCUT2D eigenvalue weighted by Gasteiger charge is 2.61. The topological polar surface area (TPSA) is 64.5 Å². The van der Waals surface area contributed by atoms with Crippen molar-refractivity contribution in [2.24, 2.45) is 34.5 Å². The van der Waals surface area contributed by atoms with Crippen LogP contribution in [0, 0.1) is 34.5 Å². The van der Waals surface area contributed by atoms with Crippen LogP contribution in [0.25, 0.3) is 0 Å². The second-order valence-corrected chi connectivity index (χ2v) is 10.2. The number of quaternary nitrogens is 2. The molecule has 4 fully saturated rings. The van der Waals surface area contributed by atoms with E-state index in [1.54, 1.807) is 0 Å². The fourth-order valence-electron chi connectivity index (χ4n) is 7.98. The average Bonchev–Trinajstić information content (AvgIpc) is 2.90. The van der Waals surface area contributed by atoms with Gasteiger partial charge in [-0.1, -0.05) is 13.8 Å². The van der Waals surface area contributed by atoms with Gasteiger partial charge >= 0.3 is 0 Å². The molecule has 4 rings (SSSR count). The van der Waals surface area contributed by atoms with Crippen LogP contribution in [0.2, 0.25) is 0 Å². The Morgan fingerprint density at radius 2 is 1.71 bits per heavy atom. The molecule has 4 aliphatic rings. The molecule has 0 aromatic heterocycles. The van der Waals surface area contributed by atoms with Crippen LogP contribution < -0.4 is 11.1 Å². The van der Waals surface area contributed by atoms with Crippen molar-refractivity contribution in [2.45, 2.75) is 83.8 Å². The summed E-state index contributed by atoms with van der Waals surface area (Å²) in [5.41, 5.74) is 5.15. The van der Waals surface area contributed by atoms with E-state index in [0.29, 0.717) is 10.8 Å². The van der Waals surface area contributed by atoms with E-state index in [9.17, 15) is 5.11 Å². The van der Waals surface area contributed by atoms with Gasteiger partial charge in [0.25, 0.3) is 0 Å². The smallest absolute Gasteiger partial charge is 0.125 e. The highest BCUT2D eigenvalue weighted by Crippen LogP contribution is 2.65. The number of fused-ring (bicyclic) bond motifs is 5. The van der Waals surface area contributed by atoms with Gasteiger partial charge < -0.3 is 16.2 Å². The van der Waals surface area contributed by atoms with E-state index in [-0.39, 0.29) is 6.10 Å². The maximum Gasteiger partial charge on any atom is 0.125 e. The van der Waals surface area contributed by atoms with E-state index < -0.39 is 0 Å². The summed E-state index contributed by atoms with van der Waals surface area (Å²) in [4.78, 5) is 0. The van der Waals surface area contributed by atoms with Crippen LogP contribution in [0.15, 0.2) is 0 Å². The Balaban J connectivity index is 1.54. The summed E-state index contributed by atoms with van der Waals surface area (Å²) in [6, 6.07) is 0.851. The fraction of sp³-hybridized carbons (Fsp3) is 1.00. The van der Waals surface area contributed by atoms with Gasteiger partial charge in [0.2, 0.25) is 0 Å². The number of rotatable bonds is 3. The summed E-state index contributed by atoms with van der Waals surface area (Å²) in [6.45, 7) is 7.50. The monoisotopic (exact) mass is 336 g/mol. The minimum atomic E-state index is -0.0124. The molecule has 0 aliphatic heterocycles. The molecule has 0 heterocycles. The standard InChI is InChI=1S/C21H38N2O/c1-20-9-7-15(24)13-14(20)3-4-16-17-5-6-19(23-12-11-22)21(17,2)10-8-18(16)20/h14-19,23-24H,3-13,22H2,1-2H3/p+2/t14-,15+,16-,17+,18-,19-,20-,21+/m0/s1. The average molecular weight is 337 g/mol. The first-order valence-corrected chi connectivity index (χ1v) is 10.8. The SMILES string of the molecule is C[C@@]12CC[C@H]3[C@@H](CC[C@H]4C[C@H](O)CC[C@@]43C)[C@H]1CC[C@@H]2[NH2+]CC[NH3+]. The molecule has 0 bridgehead atoms. The van der Waals surface area contributed by atoms with Crippen molar-refractivity contribution in [2.75, 3.05) is 13.1 Å². The summed E-state index contributed by atoms with van der Waals surface area (Å²) >= 11 is 0. The molecule has 0 radical (unpaired) electrons. The number of hydrogen-bond acceptors (Lipinski definition) is 1. The second kappa shape index (κ2) is 6.25. The molecule has 138 valence electrons. The van der Waals surface area contributed by atoms with Crippen molar-refractivity contribution in [1.82, 2.24) is 0 Å². The molecule has 0 aromatic rings. The molecule has 4 saturated carbocycles. The van der Waals surface area contributed by atoms with Crippen molar-refractivity contribution in [3.05, 3.63) is 0 Å². The Morgan fingerprint density at radius 3 is 2.50 bits per heavy atom. The van der Waals surface area contributed by atoms with Gasteiger partial charge in [-0.05, 0) is 80.5 Å². The first-order chi connectivity index (χ1) is 11.5. The Morgan fingerprint density at radius 1 is 0.958 bits per heavy atom. The number of hydrogen-bond donors (Lipinski definition) is 3. The molecule has 4 aliphatic carbocycles. The van der Waals surface area contributed by atoms with Gasteiger partial charge in [0.15, 0.2) is 0 Å². The Labute approximate surface area is 148 Å². The summed E-state index contributed by atoms with van der Waals surface area (Å²) in [7, 11) is 0. The lowest BCUT2D eigenvalue weighted by Crippen LogP contribution is -2.95. The lowest BCUT2D eigenvalue weighted by molar-refractivity contribution is -0.712. The van der Waals surface area contributed by atoms with Crippen LogP contribution in [0.5, 0.6) is 0 Å². The van der Waals surface area contributed by atoms with Crippen LogP contribution in [0.3, 0.4) is 0 Å². The van der Waals surface area contributed by atoms with E-state index in [1.165, 1.54) is 51.5 Å². The van der Waals surface area contributed by atoms with Gasteiger partial charge in [0.05, 0.1) is 12.1 Å². The third kappa shape index (κ3) is 2.49. The molecule has 0 amide bonds. The molecular weight excluding hydrogens is 296 g/mol. The third-order valence-electron chi connectivity index (χ3n) is 9.37. The second-order valence-electron chi connectivity index (χ2n) is 10.2. The van der Waals surface area contributed by atoms with Gasteiger partial charge in [-0.25, -0.2) is 0 Å². The van der Waals surface area contributed by atoms with Crippen LogP contribution in [0.1, 0.15) is 71.6 Å². The molecule has 0 saturated heterocycles. The fourth-order valence-corrected chi connectivity index (χ4v) is 7.98. The molecule has 0 spiro atoms. The number of nitrogens with two attached hydrogens (primary N) is 1. The highest BCUT2D eigenvalue weighted by molar-refractivity contribution is 5.09. The maximum absolute atomic E-state index is 10.2. The van der Waals surface area contributed by atoms with E-state index in [0.717, 1.165) is 49.1 Å². The minimum Gasteiger partial charge on any atom is -0.393 e. The van der Waals surface area contributed by atoms with Gasteiger partial charge in [-0.3, -0.25) is 0 Å². The van der Waals surface area contributed by atoms with E-state index in [2.05, 4.69) is 24.9 Å². The van der Waals surface area contributed by atoms with Crippen molar-refractivity contribution >= 4 is 0 Å². The molecule has 0 aromatic carbocycles. The Bertz CT molecular complexity index is 469. The van der Waals surface area contributed by atoms with Gasteiger partial charge in [-0.2, -0.15) is 0 Å². The van der Waals surface area contributed by atoms with E-state index >= 15 is 0 Å². The Hall–Kier alpha value is -0.120. The summed E-state index contributed by atoms with van der Waals surface area (Å²) in [5, 5.41) is 12.8. The first-order valence-electron chi connectivity index (χ1n) is 10.8. The summed E-state index contributed by atoms with van der Waals surface area (Å²) < 4.78 is 0. The lowest BCUT2D eigenvalue weighted by atomic mass is 9.45. The quantitative estimate of drug-likeness (QED) is 0.719.